The number of hydrogen-bond donors (Lipinski definition) is 1. The Hall–Kier alpha value is -2.31. The van der Waals surface area contributed by atoms with Gasteiger partial charge in [0.05, 0.1) is 5.92 Å². The molecule has 1 saturated carbocycles. The van der Waals surface area contributed by atoms with Crippen molar-refractivity contribution in [2.24, 2.45) is 5.92 Å². The highest BCUT2D eigenvalue weighted by Gasteiger charge is 2.30. The lowest BCUT2D eigenvalue weighted by atomic mass is 10.0. The Morgan fingerprint density at radius 3 is 2.58 bits per heavy atom. The third-order valence-corrected chi connectivity index (χ3v) is 7.12. The van der Waals surface area contributed by atoms with Crippen LogP contribution in [0.4, 0.5) is 5.69 Å². The molecular weight excluding hydrogens is 436 g/mol. The number of carbonyl (C=O) groups is 1. The molecule has 3 aliphatic rings. The summed E-state index contributed by atoms with van der Waals surface area (Å²) in [6.45, 7) is 4.76. The van der Waals surface area contributed by atoms with Crippen molar-refractivity contribution in [2.45, 2.75) is 50.7 Å². The van der Waals surface area contributed by atoms with Gasteiger partial charge in [0.15, 0.2) is 0 Å². The van der Waals surface area contributed by atoms with Gasteiger partial charge in [-0.05, 0) is 81.4 Å². The number of nitrogens with one attached hydrogen (secondary N) is 1. The molecule has 0 spiro atoms. The molecular formula is C26H33ClN4O2. The van der Waals surface area contributed by atoms with Crippen LogP contribution in [0, 0.1) is 5.92 Å². The van der Waals surface area contributed by atoms with Gasteiger partial charge in [0.1, 0.15) is 6.10 Å². The fourth-order valence-electron chi connectivity index (χ4n) is 4.86. The maximum absolute atomic E-state index is 13.2. The molecule has 0 radical (unpaired) electrons. The summed E-state index contributed by atoms with van der Waals surface area (Å²) in [5, 5.41) is 4.12. The van der Waals surface area contributed by atoms with Gasteiger partial charge in [0.2, 0.25) is 11.8 Å². The molecule has 1 amide bonds. The quantitative estimate of drug-likeness (QED) is 0.604. The van der Waals surface area contributed by atoms with Crippen molar-refractivity contribution in [2.75, 3.05) is 37.6 Å². The van der Waals surface area contributed by atoms with Crippen LogP contribution < -0.4 is 15.0 Å². The lowest BCUT2D eigenvalue weighted by Crippen LogP contribution is -2.46. The van der Waals surface area contributed by atoms with Crippen molar-refractivity contribution < 1.29 is 9.53 Å². The van der Waals surface area contributed by atoms with E-state index < -0.39 is 0 Å². The molecule has 2 aromatic rings. The minimum absolute atomic E-state index is 0.00852. The summed E-state index contributed by atoms with van der Waals surface area (Å²) in [7, 11) is 0. The van der Waals surface area contributed by atoms with Crippen molar-refractivity contribution in [1.29, 1.82) is 0 Å². The number of likely N-dealkylation sites (tertiary alicyclic amines) is 1. The van der Waals surface area contributed by atoms with E-state index in [9.17, 15) is 4.79 Å². The van der Waals surface area contributed by atoms with Crippen LogP contribution in [0.5, 0.6) is 5.88 Å². The zero-order valence-electron chi connectivity index (χ0n) is 19.1. The van der Waals surface area contributed by atoms with E-state index in [0.717, 1.165) is 74.7 Å². The third-order valence-electron chi connectivity index (χ3n) is 6.87. The van der Waals surface area contributed by atoms with Crippen LogP contribution >= 0.6 is 11.6 Å². The van der Waals surface area contributed by atoms with E-state index in [2.05, 4.69) is 26.2 Å². The highest BCUT2D eigenvalue weighted by Crippen LogP contribution is 2.27. The Kier molecular flexibility index (Phi) is 7.02. The minimum Gasteiger partial charge on any atom is -0.474 e. The molecule has 2 atom stereocenters. The van der Waals surface area contributed by atoms with Crippen LogP contribution in [-0.2, 0) is 11.2 Å². The second-order valence-corrected chi connectivity index (χ2v) is 10.1. The lowest BCUT2D eigenvalue weighted by molar-refractivity contribution is -0.125. The maximum atomic E-state index is 13.2. The first-order valence-electron chi connectivity index (χ1n) is 12.3. The number of amides is 1. The highest BCUT2D eigenvalue weighted by molar-refractivity contribution is 6.30. The standard InChI is InChI=1S/C26H33ClN4O2/c27-21-4-6-23(7-5-21)31-14-11-20(17-31)26(32)29-22(18-30-12-1-2-13-30)15-19-3-10-25(28-16-19)33-24-8-9-24/h3-7,10,16,20,22,24H,1-2,8-9,11-15,17-18H2,(H,29,32). The summed E-state index contributed by atoms with van der Waals surface area (Å²) < 4.78 is 5.78. The van der Waals surface area contributed by atoms with Crippen molar-refractivity contribution in [1.82, 2.24) is 15.2 Å². The second kappa shape index (κ2) is 10.3. The SMILES string of the molecule is O=C(NC(Cc1ccc(OC2CC2)nc1)CN1CCCC1)C1CCN(c2ccc(Cl)cc2)C1. The van der Waals surface area contributed by atoms with Gasteiger partial charge in [-0.2, -0.15) is 0 Å². The number of carbonyl (C=O) groups excluding carboxylic acids is 1. The van der Waals surface area contributed by atoms with E-state index in [4.69, 9.17) is 16.3 Å². The number of anilines is 1. The molecule has 0 bridgehead atoms. The smallest absolute Gasteiger partial charge is 0.225 e. The predicted molar refractivity (Wildman–Crippen MR) is 131 cm³/mol. The minimum atomic E-state index is 0.00852. The summed E-state index contributed by atoms with van der Waals surface area (Å²) >= 11 is 6.03. The molecule has 1 aromatic carbocycles. The zero-order valence-corrected chi connectivity index (χ0v) is 19.8. The van der Waals surface area contributed by atoms with Crippen LogP contribution in [0.2, 0.25) is 5.02 Å². The van der Waals surface area contributed by atoms with Gasteiger partial charge in [0.25, 0.3) is 0 Å². The number of aromatic nitrogens is 1. The molecule has 1 N–H and O–H groups in total. The molecule has 2 aliphatic heterocycles. The number of rotatable bonds is 9. The number of halogens is 1. The number of benzene rings is 1. The Labute approximate surface area is 201 Å². The number of hydrogen-bond acceptors (Lipinski definition) is 5. The number of nitrogens with zero attached hydrogens (tertiary/aromatic N) is 3. The van der Waals surface area contributed by atoms with E-state index >= 15 is 0 Å². The van der Waals surface area contributed by atoms with Gasteiger partial charge in [0, 0.05) is 48.6 Å². The Bertz CT molecular complexity index is 926. The Morgan fingerprint density at radius 1 is 1.09 bits per heavy atom. The first-order chi connectivity index (χ1) is 16.1. The topological polar surface area (TPSA) is 57.7 Å². The fourth-order valence-corrected chi connectivity index (χ4v) is 4.99. The Morgan fingerprint density at radius 2 is 1.88 bits per heavy atom. The summed E-state index contributed by atoms with van der Waals surface area (Å²) in [5.41, 5.74) is 2.26. The van der Waals surface area contributed by atoms with Crippen molar-refractivity contribution in [3.63, 3.8) is 0 Å². The normalized spacial score (nSPS) is 21.8. The van der Waals surface area contributed by atoms with Gasteiger partial charge >= 0.3 is 0 Å². The molecule has 5 rings (SSSR count). The van der Waals surface area contributed by atoms with Crippen LogP contribution in [0.15, 0.2) is 42.6 Å². The van der Waals surface area contributed by atoms with Crippen LogP contribution in [0.1, 0.15) is 37.7 Å². The van der Waals surface area contributed by atoms with Gasteiger partial charge in [-0.15, -0.1) is 0 Å². The van der Waals surface area contributed by atoms with Crippen molar-refractivity contribution in [3.8, 4) is 5.88 Å². The Balaban J connectivity index is 1.19. The third kappa shape index (κ3) is 6.18. The van der Waals surface area contributed by atoms with Gasteiger partial charge in [-0.1, -0.05) is 17.7 Å². The molecule has 1 aliphatic carbocycles. The van der Waals surface area contributed by atoms with E-state index in [1.165, 1.54) is 12.8 Å². The molecule has 176 valence electrons. The summed E-state index contributed by atoms with van der Waals surface area (Å²) in [6, 6.07) is 12.0. The monoisotopic (exact) mass is 468 g/mol. The van der Waals surface area contributed by atoms with Crippen LogP contribution in [0.25, 0.3) is 0 Å². The summed E-state index contributed by atoms with van der Waals surface area (Å²) in [5.74, 6) is 0.876. The highest BCUT2D eigenvalue weighted by atomic mass is 35.5. The molecule has 2 unspecified atom stereocenters. The molecule has 1 aromatic heterocycles. The van der Waals surface area contributed by atoms with Crippen molar-refractivity contribution >= 4 is 23.2 Å². The average Bonchev–Trinajstić information content (AvgIpc) is 3.25. The first-order valence-corrected chi connectivity index (χ1v) is 12.6. The average molecular weight is 469 g/mol. The molecule has 6 nitrogen and oxygen atoms in total. The van der Waals surface area contributed by atoms with Crippen molar-refractivity contribution in [3.05, 3.63) is 53.2 Å². The molecule has 33 heavy (non-hydrogen) atoms. The lowest BCUT2D eigenvalue weighted by Gasteiger charge is -2.26. The van der Waals surface area contributed by atoms with E-state index in [1.807, 2.05) is 36.5 Å². The van der Waals surface area contributed by atoms with Gasteiger partial charge in [-0.25, -0.2) is 4.98 Å². The molecule has 3 heterocycles. The van der Waals surface area contributed by atoms with Gasteiger partial charge < -0.3 is 19.9 Å². The molecule has 3 fully saturated rings. The van der Waals surface area contributed by atoms with E-state index in [-0.39, 0.29) is 17.9 Å². The largest absolute Gasteiger partial charge is 0.474 e. The summed E-state index contributed by atoms with van der Waals surface area (Å²) in [4.78, 5) is 22.5. The van der Waals surface area contributed by atoms with Crippen LogP contribution in [-0.4, -0.2) is 60.7 Å². The predicted octanol–water partition coefficient (Wildman–Crippen LogP) is 3.93. The van der Waals surface area contributed by atoms with E-state index in [1.54, 1.807) is 0 Å². The number of pyridine rings is 1. The van der Waals surface area contributed by atoms with E-state index in [0.29, 0.717) is 12.0 Å². The fraction of sp³-hybridized carbons (Fsp3) is 0.538. The molecule has 2 saturated heterocycles. The van der Waals surface area contributed by atoms with Crippen LogP contribution in [0.3, 0.4) is 0 Å². The summed E-state index contributed by atoms with van der Waals surface area (Å²) in [6.07, 6.45) is 8.66. The molecule has 7 heteroatoms. The number of ether oxygens (including phenoxy) is 1. The zero-order chi connectivity index (χ0) is 22.6. The first kappa shape index (κ1) is 22.5. The second-order valence-electron chi connectivity index (χ2n) is 9.65. The maximum Gasteiger partial charge on any atom is 0.225 e. The van der Waals surface area contributed by atoms with Gasteiger partial charge in [-0.3, -0.25) is 4.79 Å².